The second-order valence-corrected chi connectivity index (χ2v) is 11.4. The van der Waals surface area contributed by atoms with Crippen molar-refractivity contribution in [2.45, 2.75) is 39.0 Å². The second-order valence-electron chi connectivity index (χ2n) is 11.4. The Kier molecular flexibility index (Phi) is 9.96. The summed E-state index contributed by atoms with van der Waals surface area (Å²) in [6.07, 6.45) is 4.35. The standard InChI is InChI=1S/C35H46O9/c1-12-23-19(2)33(21-13-27(39-6)29(41-8)16-25(21)37-4)20(3)34(22-14-28(40-7)30(42-9)17-26(22)38-5)35(23)18-31(43-10)24(36)15-32(35)44-11/h13-20,23,33-34H,12H2,1-11H3/t19-,20+,23-,33-,34+,35-/m0/s1. The molecule has 0 bridgehead atoms. The van der Waals surface area contributed by atoms with Crippen LogP contribution in [-0.2, 0) is 14.3 Å². The summed E-state index contributed by atoms with van der Waals surface area (Å²) in [4.78, 5) is 13.2. The quantitative estimate of drug-likeness (QED) is 0.281. The zero-order chi connectivity index (χ0) is 32.3. The lowest BCUT2D eigenvalue weighted by molar-refractivity contribution is -0.115. The van der Waals surface area contributed by atoms with Crippen LogP contribution in [0.4, 0.5) is 0 Å². The first-order chi connectivity index (χ1) is 21.1. The van der Waals surface area contributed by atoms with Gasteiger partial charge in [0, 0.05) is 35.3 Å². The van der Waals surface area contributed by atoms with Crippen molar-refractivity contribution in [3.05, 3.63) is 59.1 Å². The van der Waals surface area contributed by atoms with E-state index in [9.17, 15) is 4.79 Å². The minimum atomic E-state index is -0.769. The third kappa shape index (κ3) is 5.10. The second kappa shape index (κ2) is 13.3. The predicted octanol–water partition coefficient (Wildman–Crippen LogP) is 6.55. The van der Waals surface area contributed by atoms with Gasteiger partial charge in [-0.1, -0.05) is 27.2 Å². The van der Waals surface area contributed by atoms with Gasteiger partial charge in [-0.3, -0.25) is 4.79 Å². The van der Waals surface area contributed by atoms with E-state index in [1.165, 1.54) is 7.11 Å². The fraction of sp³-hybridized carbons (Fsp3) is 0.514. The number of hydrogen-bond acceptors (Lipinski definition) is 9. The fourth-order valence-corrected chi connectivity index (χ4v) is 8.07. The SMILES string of the molecule is CC[C@H]1[C@H](C)[C@H](c2cc(OC)c(OC)cc2OC)[C@@H](C)[C@H](c2cc(OC)c(OC)cc2OC)[C@@]12C=C(OC)C(=O)C=C2OC. The van der Waals surface area contributed by atoms with Gasteiger partial charge in [0.1, 0.15) is 17.3 Å². The molecule has 0 N–H and O–H groups in total. The normalized spacial score (nSPS) is 26.3. The van der Waals surface area contributed by atoms with Crippen molar-refractivity contribution in [3.8, 4) is 34.5 Å². The first-order valence-corrected chi connectivity index (χ1v) is 14.8. The molecule has 0 saturated heterocycles. The number of rotatable bonds is 11. The number of carbonyl (C=O) groups excluding carboxylic acids is 1. The van der Waals surface area contributed by atoms with Crippen LogP contribution >= 0.6 is 0 Å². The van der Waals surface area contributed by atoms with E-state index in [0.717, 1.165) is 17.5 Å². The summed E-state index contributed by atoms with van der Waals surface area (Å²) in [5.74, 6) is 4.08. The maximum Gasteiger partial charge on any atom is 0.223 e. The predicted molar refractivity (Wildman–Crippen MR) is 167 cm³/mol. The Labute approximate surface area is 261 Å². The summed E-state index contributed by atoms with van der Waals surface area (Å²) in [6, 6.07) is 7.74. The zero-order valence-corrected chi connectivity index (χ0v) is 27.7. The van der Waals surface area contributed by atoms with Crippen LogP contribution < -0.4 is 28.4 Å². The minimum Gasteiger partial charge on any atom is -0.500 e. The summed E-state index contributed by atoms with van der Waals surface area (Å²) in [5.41, 5.74) is 1.14. The monoisotopic (exact) mass is 610 g/mol. The Bertz CT molecular complexity index is 1430. The van der Waals surface area contributed by atoms with Gasteiger partial charge < -0.3 is 37.9 Å². The Morgan fingerprint density at radius 1 is 0.614 bits per heavy atom. The number of ketones is 1. The summed E-state index contributed by atoms with van der Waals surface area (Å²) in [7, 11) is 12.9. The van der Waals surface area contributed by atoms with Gasteiger partial charge in [0.2, 0.25) is 5.78 Å². The lowest BCUT2D eigenvalue weighted by atomic mass is 9.46. The smallest absolute Gasteiger partial charge is 0.223 e. The minimum absolute atomic E-state index is 0.00578. The van der Waals surface area contributed by atoms with E-state index in [4.69, 9.17) is 37.9 Å². The largest absolute Gasteiger partial charge is 0.500 e. The highest BCUT2D eigenvalue weighted by atomic mass is 16.5. The number of allylic oxidation sites excluding steroid dienone is 2. The van der Waals surface area contributed by atoms with E-state index in [1.807, 2.05) is 30.3 Å². The molecule has 1 spiro atoms. The third-order valence-electron chi connectivity index (χ3n) is 9.77. The molecule has 2 aliphatic rings. The van der Waals surface area contributed by atoms with Crippen molar-refractivity contribution in [3.63, 3.8) is 0 Å². The van der Waals surface area contributed by atoms with Crippen LogP contribution in [-0.4, -0.2) is 62.7 Å². The molecule has 1 saturated carbocycles. The average Bonchev–Trinajstić information content (AvgIpc) is 3.04. The molecule has 9 heteroatoms. The molecular formula is C35H46O9. The Hall–Kier alpha value is -4.01. The van der Waals surface area contributed by atoms with Gasteiger partial charge in [0.25, 0.3) is 0 Å². The topological polar surface area (TPSA) is 90.9 Å². The molecule has 1 fully saturated rings. The molecule has 0 aromatic heterocycles. The summed E-state index contributed by atoms with van der Waals surface area (Å²) in [5, 5.41) is 0. The van der Waals surface area contributed by atoms with Crippen LogP contribution in [0.1, 0.15) is 50.2 Å². The molecule has 0 unspecified atom stereocenters. The molecule has 6 atom stereocenters. The van der Waals surface area contributed by atoms with E-state index in [-0.39, 0.29) is 41.1 Å². The van der Waals surface area contributed by atoms with Gasteiger partial charge >= 0.3 is 0 Å². The Morgan fingerprint density at radius 3 is 1.55 bits per heavy atom. The van der Waals surface area contributed by atoms with E-state index in [1.54, 1.807) is 55.8 Å². The molecule has 0 aliphatic heterocycles. The summed E-state index contributed by atoms with van der Waals surface area (Å²) < 4.78 is 46.7. The van der Waals surface area contributed by atoms with Gasteiger partial charge in [-0.15, -0.1) is 0 Å². The average molecular weight is 611 g/mol. The molecule has 2 aromatic rings. The van der Waals surface area contributed by atoms with Crippen LogP contribution in [0.5, 0.6) is 34.5 Å². The van der Waals surface area contributed by atoms with Crippen molar-refractivity contribution < 1.29 is 42.7 Å². The molecule has 2 aromatic carbocycles. The zero-order valence-electron chi connectivity index (χ0n) is 27.7. The fourth-order valence-electron chi connectivity index (χ4n) is 8.07. The first kappa shape index (κ1) is 32.9. The lowest BCUT2D eigenvalue weighted by Crippen LogP contribution is -2.52. The van der Waals surface area contributed by atoms with E-state index < -0.39 is 5.41 Å². The van der Waals surface area contributed by atoms with Gasteiger partial charge in [-0.2, -0.15) is 0 Å². The van der Waals surface area contributed by atoms with Gasteiger partial charge in [-0.05, 0) is 41.9 Å². The molecule has 4 rings (SSSR count). The Balaban J connectivity index is 2.13. The van der Waals surface area contributed by atoms with Crippen molar-refractivity contribution in [1.29, 1.82) is 0 Å². The first-order valence-electron chi connectivity index (χ1n) is 14.8. The van der Waals surface area contributed by atoms with Crippen LogP contribution in [0.25, 0.3) is 0 Å². The number of ether oxygens (including phenoxy) is 8. The van der Waals surface area contributed by atoms with Crippen molar-refractivity contribution in [2.24, 2.45) is 23.2 Å². The molecule has 0 heterocycles. The molecule has 0 radical (unpaired) electrons. The lowest BCUT2D eigenvalue weighted by Gasteiger charge is -2.58. The van der Waals surface area contributed by atoms with E-state index in [0.29, 0.717) is 40.3 Å². The molecule has 9 nitrogen and oxygen atoms in total. The molecule has 44 heavy (non-hydrogen) atoms. The van der Waals surface area contributed by atoms with Crippen molar-refractivity contribution in [2.75, 3.05) is 56.9 Å². The molecule has 2 aliphatic carbocycles. The third-order valence-corrected chi connectivity index (χ3v) is 9.77. The number of hydrogen-bond donors (Lipinski definition) is 0. The van der Waals surface area contributed by atoms with E-state index in [2.05, 4.69) is 20.8 Å². The van der Waals surface area contributed by atoms with Crippen LogP contribution in [0, 0.1) is 23.2 Å². The summed E-state index contributed by atoms with van der Waals surface area (Å²) in [6.45, 7) is 6.67. The highest BCUT2D eigenvalue weighted by Gasteiger charge is 2.60. The van der Waals surface area contributed by atoms with Crippen LogP contribution in [0.3, 0.4) is 0 Å². The Morgan fingerprint density at radius 2 is 1.09 bits per heavy atom. The molecular weight excluding hydrogens is 564 g/mol. The summed E-state index contributed by atoms with van der Waals surface area (Å²) >= 11 is 0. The highest BCUT2D eigenvalue weighted by molar-refractivity contribution is 6.04. The van der Waals surface area contributed by atoms with Gasteiger partial charge in [-0.25, -0.2) is 0 Å². The van der Waals surface area contributed by atoms with Crippen molar-refractivity contribution in [1.82, 2.24) is 0 Å². The van der Waals surface area contributed by atoms with Crippen LogP contribution in [0.15, 0.2) is 47.9 Å². The maximum atomic E-state index is 13.2. The number of benzene rings is 2. The number of carbonyl (C=O) groups is 1. The van der Waals surface area contributed by atoms with Crippen molar-refractivity contribution >= 4 is 5.78 Å². The maximum absolute atomic E-state index is 13.2. The van der Waals surface area contributed by atoms with E-state index >= 15 is 0 Å². The number of methoxy groups -OCH3 is 8. The molecule has 0 amide bonds. The van der Waals surface area contributed by atoms with Gasteiger partial charge in [0.15, 0.2) is 28.8 Å². The van der Waals surface area contributed by atoms with Crippen LogP contribution in [0.2, 0.25) is 0 Å². The highest BCUT2D eigenvalue weighted by Crippen LogP contribution is 2.67. The molecule has 240 valence electrons. The van der Waals surface area contributed by atoms with Gasteiger partial charge in [0.05, 0.1) is 62.3 Å².